The number of aryl methyl sites for hydroxylation is 2. The number of nitrogens with zero attached hydrogens (tertiary/aromatic N) is 3. The maximum absolute atomic E-state index is 12.4. The van der Waals surface area contributed by atoms with Crippen molar-refractivity contribution in [3.05, 3.63) is 46.7 Å². The summed E-state index contributed by atoms with van der Waals surface area (Å²) in [6, 6.07) is 8.82. The fourth-order valence-corrected chi connectivity index (χ4v) is 2.87. The molecule has 0 bridgehead atoms. The molecule has 1 aromatic carbocycles. The van der Waals surface area contributed by atoms with E-state index in [9.17, 15) is 9.59 Å². The fourth-order valence-electron chi connectivity index (χ4n) is 2.75. The first-order valence-corrected chi connectivity index (χ1v) is 7.99. The van der Waals surface area contributed by atoms with Crippen molar-refractivity contribution in [1.82, 2.24) is 9.97 Å². The van der Waals surface area contributed by atoms with Gasteiger partial charge in [0.1, 0.15) is 0 Å². The van der Waals surface area contributed by atoms with Gasteiger partial charge in [-0.05, 0) is 44.2 Å². The zero-order chi connectivity index (χ0) is 17.3. The number of hydrogen-bond donors (Lipinski definition) is 1. The second-order valence-corrected chi connectivity index (χ2v) is 6.28. The van der Waals surface area contributed by atoms with Crippen molar-refractivity contribution in [2.24, 2.45) is 5.92 Å². The highest BCUT2D eigenvalue weighted by Crippen LogP contribution is 2.26. The van der Waals surface area contributed by atoms with Gasteiger partial charge in [0.05, 0.1) is 5.92 Å². The molecule has 1 fully saturated rings. The summed E-state index contributed by atoms with van der Waals surface area (Å²) in [5.41, 5.74) is 2.30. The summed E-state index contributed by atoms with van der Waals surface area (Å²) < 4.78 is 0. The molecule has 0 radical (unpaired) electrons. The summed E-state index contributed by atoms with van der Waals surface area (Å²) >= 11 is 5.87. The lowest BCUT2D eigenvalue weighted by molar-refractivity contribution is -0.122. The predicted octanol–water partition coefficient (Wildman–Crippen LogP) is 2.74. The molecule has 1 aliphatic heterocycles. The summed E-state index contributed by atoms with van der Waals surface area (Å²) in [6.07, 6.45) is 0.166. The van der Waals surface area contributed by atoms with Crippen LogP contribution in [0.25, 0.3) is 0 Å². The molecule has 0 unspecified atom stereocenters. The molecule has 2 aromatic rings. The van der Waals surface area contributed by atoms with Crippen LogP contribution in [0, 0.1) is 19.8 Å². The minimum Gasteiger partial charge on any atom is -0.312 e. The molecule has 0 spiro atoms. The monoisotopic (exact) mass is 344 g/mol. The van der Waals surface area contributed by atoms with Gasteiger partial charge in [-0.15, -0.1) is 0 Å². The normalized spacial score (nSPS) is 17.2. The molecule has 1 saturated heterocycles. The Kier molecular flexibility index (Phi) is 4.49. The number of nitrogens with one attached hydrogen (secondary N) is 1. The summed E-state index contributed by atoms with van der Waals surface area (Å²) in [7, 11) is 0. The van der Waals surface area contributed by atoms with E-state index in [0.29, 0.717) is 11.6 Å². The molecule has 7 heteroatoms. The van der Waals surface area contributed by atoms with Gasteiger partial charge in [0.25, 0.3) is 0 Å². The van der Waals surface area contributed by atoms with Crippen LogP contribution >= 0.6 is 11.6 Å². The smallest absolute Gasteiger partial charge is 0.232 e. The zero-order valence-corrected chi connectivity index (χ0v) is 14.2. The average molecular weight is 345 g/mol. The van der Waals surface area contributed by atoms with Gasteiger partial charge in [-0.25, -0.2) is 9.97 Å². The van der Waals surface area contributed by atoms with Crippen LogP contribution in [0.4, 0.5) is 11.6 Å². The Morgan fingerprint density at radius 1 is 1.21 bits per heavy atom. The van der Waals surface area contributed by atoms with Crippen LogP contribution < -0.4 is 10.2 Å². The zero-order valence-electron chi connectivity index (χ0n) is 13.4. The Labute approximate surface area is 144 Å². The lowest BCUT2D eigenvalue weighted by atomic mass is 10.1. The van der Waals surface area contributed by atoms with E-state index in [2.05, 4.69) is 15.3 Å². The maximum atomic E-state index is 12.4. The molecule has 1 aromatic heterocycles. The highest BCUT2D eigenvalue weighted by atomic mass is 35.5. The first-order chi connectivity index (χ1) is 11.4. The van der Waals surface area contributed by atoms with E-state index in [1.165, 1.54) is 0 Å². The number of halogens is 1. The molecule has 1 N–H and O–H groups in total. The second kappa shape index (κ2) is 6.57. The number of benzene rings is 1. The molecule has 3 rings (SSSR count). The third kappa shape index (κ3) is 3.54. The number of hydrogen-bond acceptors (Lipinski definition) is 4. The minimum atomic E-state index is -0.433. The van der Waals surface area contributed by atoms with Gasteiger partial charge in [0, 0.05) is 35.1 Å². The molecular formula is C17H17ClN4O2. The van der Waals surface area contributed by atoms with Gasteiger partial charge in [-0.2, -0.15) is 0 Å². The van der Waals surface area contributed by atoms with Crippen molar-refractivity contribution in [3.63, 3.8) is 0 Å². The standard InChI is InChI=1S/C17H17ClN4O2/c1-10-7-11(2)20-17(19-10)21-16(24)12-8-15(23)22(9-12)14-5-3-13(18)4-6-14/h3-7,12H,8-9H2,1-2H3,(H,19,20,21,24)/t12-/m0/s1. The van der Waals surface area contributed by atoms with Crippen LogP contribution in [-0.4, -0.2) is 28.3 Å². The molecule has 2 heterocycles. The van der Waals surface area contributed by atoms with E-state index in [4.69, 9.17) is 11.6 Å². The first kappa shape index (κ1) is 16.4. The molecule has 6 nitrogen and oxygen atoms in total. The summed E-state index contributed by atoms with van der Waals surface area (Å²) in [5, 5.41) is 3.31. The summed E-state index contributed by atoms with van der Waals surface area (Å²) in [4.78, 5) is 34.6. The van der Waals surface area contributed by atoms with Crippen LogP contribution in [0.5, 0.6) is 0 Å². The third-order valence-electron chi connectivity index (χ3n) is 3.85. The fraction of sp³-hybridized carbons (Fsp3) is 0.294. The Morgan fingerprint density at radius 3 is 2.46 bits per heavy atom. The van der Waals surface area contributed by atoms with Gasteiger partial charge in [0.2, 0.25) is 17.8 Å². The Bertz CT molecular complexity index is 771. The van der Waals surface area contributed by atoms with Crippen LogP contribution in [0.2, 0.25) is 5.02 Å². The van der Waals surface area contributed by atoms with Gasteiger partial charge in [-0.3, -0.25) is 14.9 Å². The van der Waals surface area contributed by atoms with Crippen molar-refractivity contribution < 1.29 is 9.59 Å². The molecular weight excluding hydrogens is 328 g/mol. The van der Waals surface area contributed by atoms with E-state index in [0.717, 1.165) is 17.1 Å². The highest BCUT2D eigenvalue weighted by Gasteiger charge is 2.35. The number of carbonyl (C=O) groups excluding carboxylic acids is 2. The van der Waals surface area contributed by atoms with E-state index in [-0.39, 0.29) is 24.2 Å². The minimum absolute atomic E-state index is 0.0844. The van der Waals surface area contributed by atoms with Crippen molar-refractivity contribution in [2.75, 3.05) is 16.8 Å². The van der Waals surface area contributed by atoms with E-state index >= 15 is 0 Å². The average Bonchev–Trinajstić information content (AvgIpc) is 2.89. The molecule has 1 aliphatic rings. The predicted molar refractivity (Wildman–Crippen MR) is 92.0 cm³/mol. The van der Waals surface area contributed by atoms with Crippen molar-refractivity contribution in [1.29, 1.82) is 0 Å². The van der Waals surface area contributed by atoms with Crippen LogP contribution in [0.1, 0.15) is 17.8 Å². The van der Waals surface area contributed by atoms with E-state index in [1.807, 2.05) is 19.9 Å². The van der Waals surface area contributed by atoms with E-state index < -0.39 is 5.92 Å². The highest BCUT2D eigenvalue weighted by molar-refractivity contribution is 6.30. The second-order valence-electron chi connectivity index (χ2n) is 5.85. The topological polar surface area (TPSA) is 75.2 Å². The number of anilines is 2. The SMILES string of the molecule is Cc1cc(C)nc(NC(=O)[C@H]2CC(=O)N(c3ccc(Cl)cc3)C2)n1. The lowest BCUT2D eigenvalue weighted by Gasteiger charge is -2.16. The maximum Gasteiger partial charge on any atom is 0.232 e. The van der Waals surface area contributed by atoms with Gasteiger partial charge < -0.3 is 4.90 Å². The number of carbonyl (C=O) groups is 2. The Balaban J connectivity index is 1.70. The molecule has 124 valence electrons. The van der Waals surface area contributed by atoms with Crippen molar-refractivity contribution >= 4 is 35.1 Å². The van der Waals surface area contributed by atoms with Gasteiger partial charge in [-0.1, -0.05) is 11.6 Å². The lowest BCUT2D eigenvalue weighted by Crippen LogP contribution is -2.28. The molecule has 1 atom stereocenters. The Hall–Kier alpha value is -2.47. The van der Waals surface area contributed by atoms with Gasteiger partial charge in [0.15, 0.2) is 0 Å². The quantitative estimate of drug-likeness (QED) is 0.929. The van der Waals surface area contributed by atoms with Crippen LogP contribution in [-0.2, 0) is 9.59 Å². The van der Waals surface area contributed by atoms with Crippen molar-refractivity contribution in [3.8, 4) is 0 Å². The number of rotatable bonds is 3. The van der Waals surface area contributed by atoms with Crippen LogP contribution in [0.3, 0.4) is 0 Å². The number of amides is 2. The molecule has 0 saturated carbocycles. The van der Waals surface area contributed by atoms with Gasteiger partial charge >= 0.3 is 0 Å². The van der Waals surface area contributed by atoms with Crippen LogP contribution in [0.15, 0.2) is 30.3 Å². The third-order valence-corrected chi connectivity index (χ3v) is 4.10. The Morgan fingerprint density at radius 2 is 1.83 bits per heavy atom. The summed E-state index contributed by atoms with van der Waals surface area (Å²) in [6.45, 7) is 4.01. The first-order valence-electron chi connectivity index (χ1n) is 7.61. The summed E-state index contributed by atoms with van der Waals surface area (Å²) in [5.74, 6) is -0.490. The van der Waals surface area contributed by atoms with E-state index in [1.54, 1.807) is 29.2 Å². The number of aromatic nitrogens is 2. The largest absolute Gasteiger partial charge is 0.312 e. The molecule has 0 aliphatic carbocycles. The van der Waals surface area contributed by atoms with Crippen molar-refractivity contribution in [2.45, 2.75) is 20.3 Å². The molecule has 24 heavy (non-hydrogen) atoms. The molecule has 2 amide bonds.